The fourth-order valence-corrected chi connectivity index (χ4v) is 4.54. The zero-order chi connectivity index (χ0) is 21.8. The summed E-state index contributed by atoms with van der Waals surface area (Å²) in [5.41, 5.74) is 1.89. The van der Waals surface area contributed by atoms with E-state index < -0.39 is 11.9 Å². The number of carbonyl (C=O) groups is 3. The molecule has 30 heavy (non-hydrogen) atoms. The van der Waals surface area contributed by atoms with Crippen molar-refractivity contribution < 1.29 is 23.5 Å². The Kier molecular flexibility index (Phi) is 7.04. The summed E-state index contributed by atoms with van der Waals surface area (Å²) in [4.78, 5) is 40.2. The summed E-state index contributed by atoms with van der Waals surface area (Å²) in [6.45, 7) is 5.90. The van der Waals surface area contributed by atoms with E-state index in [9.17, 15) is 14.4 Å². The largest absolute Gasteiger partial charge is 0.463 e. The minimum atomic E-state index is -0.617. The van der Waals surface area contributed by atoms with Crippen LogP contribution in [0.2, 0.25) is 0 Å². The quantitative estimate of drug-likeness (QED) is 0.401. The van der Waals surface area contributed by atoms with Gasteiger partial charge in [0, 0.05) is 17.6 Å². The second kappa shape index (κ2) is 9.53. The van der Waals surface area contributed by atoms with Crippen LogP contribution in [-0.2, 0) is 16.1 Å². The van der Waals surface area contributed by atoms with Gasteiger partial charge in [0.05, 0.1) is 24.2 Å². The van der Waals surface area contributed by atoms with Gasteiger partial charge in [-0.15, -0.1) is 0 Å². The summed E-state index contributed by atoms with van der Waals surface area (Å²) in [5.74, 6) is -0.669. The molecule has 2 amide bonds. The lowest BCUT2D eigenvalue weighted by molar-refractivity contribution is -0.123. The van der Waals surface area contributed by atoms with Crippen molar-refractivity contribution in [3.8, 4) is 0 Å². The van der Waals surface area contributed by atoms with Crippen molar-refractivity contribution in [3.05, 3.63) is 56.8 Å². The lowest BCUT2D eigenvalue weighted by atomic mass is 10.1. The Morgan fingerprint density at radius 3 is 2.60 bits per heavy atom. The topological polar surface area (TPSA) is 80.1 Å². The summed E-state index contributed by atoms with van der Waals surface area (Å²) >= 11 is 4.47. The van der Waals surface area contributed by atoms with Crippen LogP contribution in [0.3, 0.4) is 0 Å². The molecule has 0 aliphatic carbocycles. The van der Waals surface area contributed by atoms with Crippen molar-refractivity contribution in [1.29, 1.82) is 0 Å². The Morgan fingerprint density at radius 2 is 1.97 bits per heavy atom. The normalized spacial score (nSPS) is 15.2. The van der Waals surface area contributed by atoms with E-state index in [1.807, 2.05) is 18.2 Å². The van der Waals surface area contributed by atoms with Crippen molar-refractivity contribution in [3.63, 3.8) is 0 Å². The Labute approximate surface area is 187 Å². The number of amides is 2. The molecular weight excluding hydrogens is 472 g/mol. The number of ether oxygens (including phenoxy) is 1. The van der Waals surface area contributed by atoms with E-state index in [0.717, 1.165) is 45.5 Å². The summed E-state index contributed by atoms with van der Waals surface area (Å²) in [6, 6.07) is 8.83. The first-order valence-electron chi connectivity index (χ1n) is 9.34. The van der Waals surface area contributed by atoms with Gasteiger partial charge < -0.3 is 14.1 Å². The van der Waals surface area contributed by atoms with Crippen LogP contribution in [0.25, 0.3) is 6.08 Å². The van der Waals surface area contributed by atoms with E-state index >= 15 is 0 Å². The molecule has 0 saturated carbocycles. The molecule has 3 rings (SSSR count). The van der Waals surface area contributed by atoms with Crippen molar-refractivity contribution in [2.75, 3.05) is 25.1 Å². The number of carbonyl (C=O) groups excluding carboxylic acids is 3. The molecule has 1 saturated heterocycles. The molecule has 0 N–H and O–H groups in total. The van der Waals surface area contributed by atoms with E-state index in [-0.39, 0.29) is 17.5 Å². The van der Waals surface area contributed by atoms with Gasteiger partial charge in [0.15, 0.2) is 0 Å². The highest BCUT2D eigenvalue weighted by Crippen LogP contribution is 2.35. The number of hydrogen-bond donors (Lipinski definition) is 0. The van der Waals surface area contributed by atoms with Gasteiger partial charge in [-0.1, -0.05) is 6.07 Å². The lowest BCUT2D eigenvalue weighted by Crippen LogP contribution is -2.27. The predicted molar refractivity (Wildman–Crippen MR) is 119 cm³/mol. The summed E-state index contributed by atoms with van der Waals surface area (Å²) in [7, 11) is 1.25. The molecule has 0 unspecified atom stereocenters. The summed E-state index contributed by atoms with van der Waals surface area (Å²) in [5, 5.41) is -0.388. The van der Waals surface area contributed by atoms with E-state index in [4.69, 9.17) is 4.42 Å². The number of esters is 1. The van der Waals surface area contributed by atoms with Crippen LogP contribution in [0.4, 0.5) is 10.5 Å². The van der Waals surface area contributed by atoms with Crippen LogP contribution in [0.1, 0.15) is 35.7 Å². The highest BCUT2D eigenvalue weighted by atomic mass is 79.9. The van der Waals surface area contributed by atoms with Crippen LogP contribution in [0, 0.1) is 0 Å². The van der Waals surface area contributed by atoms with Gasteiger partial charge in [-0.25, -0.2) is 4.79 Å². The van der Waals surface area contributed by atoms with Gasteiger partial charge in [-0.3, -0.25) is 14.5 Å². The van der Waals surface area contributed by atoms with E-state index in [1.165, 1.54) is 13.2 Å². The van der Waals surface area contributed by atoms with Gasteiger partial charge in [0.2, 0.25) is 5.76 Å². The standard InChI is InChI=1S/C21H21BrN2O5S/c1-4-23(5-2)16-8-6-13(10-15(16)22)11-18-19(25)24(21(27)30-18)12-14-7-9-17(29-14)20(26)28-3/h6-11H,4-5,12H2,1-3H3/b18-11+. The molecule has 9 heteroatoms. The summed E-state index contributed by atoms with van der Waals surface area (Å²) < 4.78 is 10.9. The molecule has 2 aromatic rings. The van der Waals surface area contributed by atoms with Crippen LogP contribution >= 0.6 is 27.7 Å². The zero-order valence-electron chi connectivity index (χ0n) is 16.8. The zero-order valence-corrected chi connectivity index (χ0v) is 19.2. The number of imide groups is 1. The Hall–Kier alpha value is -2.52. The first kappa shape index (κ1) is 22.2. The van der Waals surface area contributed by atoms with Crippen LogP contribution in [-0.4, -0.2) is 42.2 Å². The van der Waals surface area contributed by atoms with Crippen molar-refractivity contribution in [2.45, 2.75) is 20.4 Å². The van der Waals surface area contributed by atoms with Gasteiger partial charge in [0.1, 0.15) is 5.76 Å². The second-order valence-corrected chi connectivity index (χ2v) is 8.26. The Balaban J connectivity index is 1.77. The number of methoxy groups -OCH3 is 1. The number of halogens is 1. The molecule has 1 aliphatic heterocycles. The lowest BCUT2D eigenvalue weighted by Gasteiger charge is -2.22. The third kappa shape index (κ3) is 4.62. The Morgan fingerprint density at radius 1 is 1.23 bits per heavy atom. The number of hydrogen-bond acceptors (Lipinski definition) is 7. The van der Waals surface area contributed by atoms with Crippen LogP contribution in [0.15, 0.2) is 44.1 Å². The van der Waals surface area contributed by atoms with Crippen LogP contribution < -0.4 is 4.90 Å². The number of furan rings is 1. The van der Waals surface area contributed by atoms with Gasteiger partial charge in [-0.2, -0.15) is 0 Å². The maximum absolute atomic E-state index is 12.7. The van der Waals surface area contributed by atoms with E-state index in [0.29, 0.717) is 10.7 Å². The van der Waals surface area contributed by atoms with E-state index in [2.05, 4.69) is 39.4 Å². The van der Waals surface area contributed by atoms with Gasteiger partial charge in [0.25, 0.3) is 11.1 Å². The predicted octanol–water partition coefficient (Wildman–Crippen LogP) is 4.91. The molecule has 2 heterocycles. The third-order valence-corrected chi connectivity index (χ3v) is 6.15. The number of thioether (sulfide) groups is 1. The fourth-order valence-electron chi connectivity index (χ4n) is 3.05. The first-order valence-corrected chi connectivity index (χ1v) is 11.0. The van der Waals surface area contributed by atoms with Gasteiger partial charge in [-0.05, 0) is 77.4 Å². The van der Waals surface area contributed by atoms with Crippen molar-refractivity contribution in [2.24, 2.45) is 0 Å². The van der Waals surface area contributed by atoms with Crippen molar-refractivity contribution >= 4 is 56.6 Å². The Bertz CT molecular complexity index is 1010. The van der Waals surface area contributed by atoms with Gasteiger partial charge >= 0.3 is 5.97 Å². The number of benzene rings is 1. The molecule has 1 fully saturated rings. The van der Waals surface area contributed by atoms with E-state index in [1.54, 1.807) is 12.1 Å². The molecule has 0 spiro atoms. The molecule has 0 radical (unpaired) electrons. The highest BCUT2D eigenvalue weighted by molar-refractivity contribution is 9.10. The highest BCUT2D eigenvalue weighted by Gasteiger charge is 2.35. The number of rotatable bonds is 7. The third-order valence-electron chi connectivity index (χ3n) is 4.61. The second-order valence-electron chi connectivity index (χ2n) is 6.41. The minimum absolute atomic E-state index is 0.0214. The minimum Gasteiger partial charge on any atom is -0.463 e. The molecule has 0 atom stereocenters. The fraction of sp³-hybridized carbons (Fsp3) is 0.286. The SMILES string of the molecule is CCN(CC)c1ccc(/C=C2/SC(=O)N(Cc3ccc(C(=O)OC)o3)C2=O)cc1Br. The average molecular weight is 493 g/mol. The smallest absolute Gasteiger partial charge is 0.373 e. The molecule has 1 aromatic carbocycles. The summed E-state index contributed by atoms with van der Waals surface area (Å²) in [6.07, 6.45) is 1.70. The molecular formula is C21H21BrN2O5S. The number of nitrogens with zero attached hydrogens (tertiary/aromatic N) is 2. The monoisotopic (exact) mass is 492 g/mol. The number of anilines is 1. The molecule has 1 aromatic heterocycles. The maximum atomic E-state index is 12.7. The average Bonchev–Trinajstić information content (AvgIpc) is 3.30. The maximum Gasteiger partial charge on any atom is 0.373 e. The first-order chi connectivity index (χ1) is 14.4. The van der Waals surface area contributed by atoms with Crippen molar-refractivity contribution in [1.82, 2.24) is 4.90 Å². The molecule has 0 bridgehead atoms. The molecule has 1 aliphatic rings. The molecule has 158 valence electrons. The molecule has 7 nitrogen and oxygen atoms in total. The van der Waals surface area contributed by atoms with Crippen LogP contribution in [0.5, 0.6) is 0 Å².